The largest absolute Gasteiger partial charge is 0.490 e. The second-order valence-electron chi connectivity index (χ2n) is 10.1. The van der Waals surface area contributed by atoms with Crippen LogP contribution in [0, 0.1) is 24.1 Å². The number of fused-ring (bicyclic) bond motifs is 2. The molecule has 1 saturated heterocycles. The third-order valence-electron chi connectivity index (χ3n) is 7.14. The number of hydrogen-bond acceptors (Lipinski definition) is 8. The van der Waals surface area contributed by atoms with Gasteiger partial charge >= 0.3 is 12.1 Å². The van der Waals surface area contributed by atoms with Gasteiger partial charge in [-0.25, -0.2) is 19.2 Å². The predicted octanol–water partition coefficient (Wildman–Crippen LogP) is 4.72. The van der Waals surface area contributed by atoms with Gasteiger partial charge in [-0.05, 0) is 67.6 Å². The number of piperidine rings is 1. The van der Waals surface area contributed by atoms with Crippen LogP contribution in [0.2, 0.25) is 0 Å². The summed E-state index contributed by atoms with van der Waals surface area (Å²) in [6, 6.07) is 17.1. The zero-order chi connectivity index (χ0) is 32.3. The Labute approximate surface area is 252 Å². The van der Waals surface area contributed by atoms with E-state index in [1.54, 1.807) is 29.3 Å². The molecule has 0 saturated carbocycles. The molecule has 2 N–H and O–H groups in total. The van der Waals surface area contributed by atoms with Crippen molar-refractivity contribution in [3.8, 4) is 11.8 Å². The van der Waals surface area contributed by atoms with E-state index < -0.39 is 23.9 Å². The first-order valence-corrected chi connectivity index (χ1v) is 13.6. The standard InChI is InChI=1S/C28H23FN8O.C2HF3O2/c1-17-4-2-5-18-11-13-32-27(25(17)18)36(21-6-3-12-31-16-21)28(38)22-9-8-20(14-23(22)29)37-26-24(34-35-37)10-7-19(15-30)33-26;3-2(4,5)1(6)7/h2,4-5,7-11,13-14,21,31H,3,6,12,16H2,1H3;(H,6,7)/t21-;/m1./s1. The lowest BCUT2D eigenvalue weighted by atomic mass is 10.0. The molecule has 0 unspecified atom stereocenters. The minimum atomic E-state index is -5.08. The van der Waals surface area contributed by atoms with Crippen molar-refractivity contribution in [2.75, 3.05) is 18.0 Å². The number of aliphatic carboxylic acids is 1. The quantitative estimate of drug-likeness (QED) is 0.272. The lowest BCUT2D eigenvalue weighted by Crippen LogP contribution is -2.49. The Morgan fingerprint density at radius 1 is 1.16 bits per heavy atom. The molecule has 6 rings (SSSR count). The van der Waals surface area contributed by atoms with Crippen LogP contribution >= 0.6 is 0 Å². The number of aryl methyl sites for hydroxylation is 1. The average molecular weight is 621 g/mol. The van der Waals surface area contributed by atoms with E-state index >= 15 is 4.39 Å². The number of halogens is 4. The molecule has 15 heteroatoms. The molecular weight excluding hydrogens is 596 g/mol. The fraction of sp³-hybridized carbons (Fsp3) is 0.233. The highest BCUT2D eigenvalue weighted by atomic mass is 19.4. The number of amides is 1. The summed E-state index contributed by atoms with van der Waals surface area (Å²) in [6.07, 6.45) is -1.72. The number of aromatic nitrogens is 5. The number of anilines is 1. The highest BCUT2D eigenvalue weighted by Gasteiger charge is 2.38. The molecule has 0 bridgehead atoms. The lowest BCUT2D eigenvalue weighted by molar-refractivity contribution is -0.192. The summed E-state index contributed by atoms with van der Waals surface area (Å²) in [7, 11) is 0. The predicted molar refractivity (Wildman–Crippen MR) is 154 cm³/mol. The molecule has 1 aliphatic rings. The van der Waals surface area contributed by atoms with E-state index in [1.165, 1.54) is 16.8 Å². The number of carboxylic acid groups (broad SMARTS) is 1. The molecule has 45 heavy (non-hydrogen) atoms. The Morgan fingerprint density at radius 3 is 2.60 bits per heavy atom. The molecule has 5 aromatic rings. The fourth-order valence-electron chi connectivity index (χ4n) is 5.04. The van der Waals surface area contributed by atoms with Crippen molar-refractivity contribution in [2.45, 2.75) is 32.0 Å². The van der Waals surface area contributed by atoms with Gasteiger partial charge in [-0.15, -0.1) is 5.10 Å². The van der Waals surface area contributed by atoms with Crippen molar-refractivity contribution in [3.63, 3.8) is 0 Å². The molecule has 0 radical (unpaired) electrons. The Morgan fingerprint density at radius 2 is 1.93 bits per heavy atom. The summed E-state index contributed by atoms with van der Waals surface area (Å²) in [5.74, 6) is -3.39. The molecule has 4 heterocycles. The lowest BCUT2D eigenvalue weighted by Gasteiger charge is -2.35. The van der Waals surface area contributed by atoms with Gasteiger partial charge in [0.1, 0.15) is 28.9 Å². The molecule has 1 atom stereocenters. The Hall–Kier alpha value is -5.49. The smallest absolute Gasteiger partial charge is 0.475 e. The summed E-state index contributed by atoms with van der Waals surface area (Å²) < 4.78 is 48.7. The third kappa shape index (κ3) is 6.41. The van der Waals surface area contributed by atoms with Crippen LogP contribution in [0.25, 0.3) is 27.6 Å². The van der Waals surface area contributed by atoms with Gasteiger partial charge < -0.3 is 10.4 Å². The topological polar surface area (TPSA) is 150 Å². The molecule has 0 spiro atoms. The maximum atomic E-state index is 15.7. The highest BCUT2D eigenvalue weighted by molar-refractivity contribution is 6.11. The zero-order valence-electron chi connectivity index (χ0n) is 23.6. The van der Waals surface area contributed by atoms with Crippen molar-refractivity contribution < 1.29 is 32.3 Å². The van der Waals surface area contributed by atoms with Gasteiger partial charge in [0.25, 0.3) is 5.91 Å². The highest BCUT2D eigenvalue weighted by Crippen LogP contribution is 2.32. The third-order valence-corrected chi connectivity index (χ3v) is 7.14. The second-order valence-corrected chi connectivity index (χ2v) is 10.1. The van der Waals surface area contributed by atoms with Crippen molar-refractivity contribution in [2.24, 2.45) is 0 Å². The van der Waals surface area contributed by atoms with Crippen molar-refractivity contribution in [1.82, 2.24) is 30.3 Å². The van der Waals surface area contributed by atoms with Crippen LogP contribution in [0.1, 0.15) is 34.5 Å². The van der Waals surface area contributed by atoms with Crippen LogP contribution in [0.15, 0.2) is 60.8 Å². The molecule has 11 nitrogen and oxygen atoms in total. The number of pyridine rings is 2. The number of hydrogen-bond donors (Lipinski definition) is 2. The van der Waals surface area contributed by atoms with E-state index in [2.05, 4.69) is 25.6 Å². The molecular formula is C30H24F4N8O3. The summed E-state index contributed by atoms with van der Waals surface area (Å²) >= 11 is 0. The number of nitrogens with one attached hydrogen (secondary N) is 1. The molecule has 2 aromatic carbocycles. The Bertz CT molecular complexity index is 1940. The molecule has 230 valence electrons. The van der Waals surface area contributed by atoms with E-state index in [0.29, 0.717) is 29.2 Å². The van der Waals surface area contributed by atoms with Gasteiger partial charge in [-0.3, -0.25) is 9.69 Å². The number of nitriles is 1. The van der Waals surface area contributed by atoms with E-state index in [1.807, 2.05) is 37.3 Å². The van der Waals surface area contributed by atoms with Crippen LogP contribution in [-0.4, -0.2) is 67.3 Å². The monoisotopic (exact) mass is 620 g/mol. The number of carbonyl (C=O) groups is 2. The summed E-state index contributed by atoms with van der Waals surface area (Å²) in [6.45, 7) is 3.45. The first-order chi connectivity index (χ1) is 21.5. The molecule has 1 amide bonds. The van der Waals surface area contributed by atoms with Gasteiger partial charge in [0.15, 0.2) is 5.65 Å². The van der Waals surface area contributed by atoms with Crippen molar-refractivity contribution in [1.29, 1.82) is 5.26 Å². The summed E-state index contributed by atoms with van der Waals surface area (Å²) in [5.41, 5.74) is 2.26. The SMILES string of the molecule is Cc1cccc2ccnc(N(C(=O)c3ccc(-n4nnc5ccc(C#N)nc54)cc3F)[C@@H]3CCCNC3)c12.O=C(O)C(F)(F)F. The first kappa shape index (κ1) is 31.0. The van der Waals surface area contributed by atoms with Crippen LogP contribution in [-0.2, 0) is 4.79 Å². The van der Waals surface area contributed by atoms with E-state index in [4.69, 9.17) is 9.90 Å². The number of nitrogens with zero attached hydrogens (tertiary/aromatic N) is 7. The number of benzene rings is 2. The van der Waals surface area contributed by atoms with Gasteiger partial charge in [0.05, 0.1) is 17.3 Å². The van der Waals surface area contributed by atoms with Crippen LogP contribution in [0.4, 0.5) is 23.4 Å². The second kappa shape index (κ2) is 12.6. The number of carbonyl (C=O) groups excluding carboxylic acids is 1. The average Bonchev–Trinajstić information content (AvgIpc) is 3.45. The normalized spacial score (nSPS) is 14.8. The van der Waals surface area contributed by atoms with Crippen molar-refractivity contribution in [3.05, 3.63) is 83.4 Å². The first-order valence-electron chi connectivity index (χ1n) is 13.6. The maximum absolute atomic E-state index is 15.7. The number of alkyl halides is 3. The summed E-state index contributed by atoms with van der Waals surface area (Å²) in [4.78, 5) is 33.5. The van der Waals surface area contributed by atoms with E-state index in [0.717, 1.165) is 35.7 Å². The Balaban J connectivity index is 0.000000515. The minimum absolute atomic E-state index is 0.0678. The number of carboxylic acids is 1. The van der Waals surface area contributed by atoms with E-state index in [-0.39, 0.29) is 17.3 Å². The van der Waals surface area contributed by atoms with Gasteiger partial charge in [-0.2, -0.15) is 23.1 Å². The molecule has 0 aliphatic carbocycles. The van der Waals surface area contributed by atoms with Crippen LogP contribution < -0.4 is 10.2 Å². The van der Waals surface area contributed by atoms with Gasteiger partial charge in [0.2, 0.25) is 0 Å². The number of rotatable bonds is 4. The fourth-order valence-corrected chi connectivity index (χ4v) is 5.04. The van der Waals surface area contributed by atoms with Gasteiger partial charge in [0, 0.05) is 24.2 Å². The van der Waals surface area contributed by atoms with Crippen LogP contribution in [0.3, 0.4) is 0 Å². The van der Waals surface area contributed by atoms with Crippen molar-refractivity contribution >= 4 is 39.6 Å². The van der Waals surface area contributed by atoms with Crippen LogP contribution in [0.5, 0.6) is 0 Å². The molecule has 1 fully saturated rings. The minimum Gasteiger partial charge on any atom is -0.475 e. The Kier molecular flexibility index (Phi) is 8.68. The summed E-state index contributed by atoms with van der Waals surface area (Å²) in [5, 5.41) is 29.6. The maximum Gasteiger partial charge on any atom is 0.490 e. The zero-order valence-corrected chi connectivity index (χ0v) is 23.6. The van der Waals surface area contributed by atoms with E-state index in [9.17, 15) is 23.2 Å². The molecule has 3 aromatic heterocycles. The molecule has 1 aliphatic heterocycles. The van der Waals surface area contributed by atoms with Gasteiger partial charge in [-0.1, -0.05) is 23.4 Å².